The molecule has 1 heterocycles. The second-order valence-corrected chi connectivity index (χ2v) is 5.85. The van der Waals surface area contributed by atoms with Crippen LogP contribution in [0.5, 0.6) is 5.75 Å². The minimum Gasteiger partial charge on any atom is -0.496 e. The average molecular weight is 352 g/mol. The third-order valence-corrected chi connectivity index (χ3v) is 4.27. The second kappa shape index (κ2) is 7.41. The van der Waals surface area contributed by atoms with Crippen molar-refractivity contribution < 1.29 is 19.4 Å². The number of para-hydroxylation sites is 2. The van der Waals surface area contributed by atoms with Crippen LogP contribution in [0.3, 0.4) is 0 Å². The number of aliphatic hydroxyl groups is 1. The number of hydrogen-bond acceptors (Lipinski definition) is 5. The molecule has 26 heavy (non-hydrogen) atoms. The number of benzene rings is 2. The third kappa shape index (κ3) is 2.95. The molecule has 6 nitrogen and oxygen atoms in total. The fraction of sp³-hybridized carbons (Fsp3) is 0.200. The molecular formula is C20H20N2O4. The molecule has 0 saturated carbocycles. The predicted molar refractivity (Wildman–Crippen MR) is 98.6 cm³/mol. The SMILES string of the molecule is COc1ccccc1C1=C(N(C)CCO)C(=O)N(c2ccccc2)C1=O. The molecule has 0 fully saturated rings. The molecule has 0 spiro atoms. The molecule has 0 aliphatic carbocycles. The van der Waals surface area contributed by atoms with Gasteiger partial charge in [0.25, 0.3) is 11.8 Å². The van der Waals surface area contributed by atoms with Gasteiger partial charge in [0.05, 0.1) is 25.0 Å². The molecule has 2 aromatic rings. The van der Waals surface area contributed by atoms with Crippen molar-refractivity contribution in [3.63, 3.8) is 0 Å². The van der Waals surface area contributed by atoms with Crippen LogP contribution in [0.15, 0.2) is 60.3 Å². The molecule has 6 heteroatoms. The maximum absolute atomic E-state index is 13.2. The number of hydrogen-bond donors (Lipinski definition) is 1. The van der Waals surface area contributed by atoms with Gasteiger partial charge in [-0.25, -0.2) is 4.90 Å². The van der Waals surface area contributed by atoms with Crippen LogP contribution in [0.2, 0.25) is 0 Å². The number of carbonyl (C=O) groups excluding carboxylic acids is 2. The summed E-state index contributed by atoms with van der Waals surface area (Å²) in [6, 6.07) is 15.9. The molecule has 134 valence electrons. The highest BCUT2D eigenvalue weighted by molar-refractivity contribution is 6.45. The van der Waals surface area contributed by atoms with Gasteiger partial charge in [-0.2, -0.15) is 0 Å². The fourth-order valence-electron chi connectivity index (χ4n) is 3.04. The van der Waals surface area contributed by atoms with Crippen LogP contribution in [-0.4, -0.2) is 49.1 Å². The molecule has 0 bridgehead atoms. The summed E-state index contributed by atoms with van der Waals surface area (Å²) in [6.07, 6.45) is 0. The van der Waals surface area contributed by atoms with Crippen molar-refractivity contribution in [3.05, 3.63) is 65.9 Å². The zero-order chi connectivity index (χ0) is 18.7. The van der Waals surface area contributed by atoms with Crippen LogP contribution in [0.25, 0.3) is 5.57 Å². The molecule has 0 atom stereocenters. The van der Waals surface area contributed by atoms with Gasteiger partial charge in [-0.05, 0) is 18.2 Å². The number of imide groups is 1. The summed E-state index contributed by atoms with van der Waals surface area (Å²) in [5.74, 6) is -0.322. The molecule has 2 amide bonds. The lowest BCUT2D eigenvalue weighted by atomic mass is 10.0. The average Bonchev–Trinajstić information content (AvgIpc) is 2.93. The van der Waals surface area contributed by atoms with Gasteiger partial charge >= 0.3 is 0 Å². The van der Waals surface area contributed by atoms with Crippen molar-refractivity contribution in [3.8, 4) is 5.75 Å². The number of likely N-dealkylation sites (N-methyl/N-ethyl adjacent to an activating group) is 1. The van der Waals surface area contributed by atoms with E-state index in [0.717, 1.165) is 4.90 Å². The van der Waals surface area contributed by atoms with E-state index in [2.05, 4.69) is 0 Å². The first kappa shape index (κ1) is 17.7. The van der Waals surface area contributed by atoms with Gasteiger partial charge in [0.15, 0.2) is 0 Å². The van der Waals surface area contributed by atoms with Crippen molar-refractivity contribution in [1.29, 1.82) is 0 Å². The summed E-state index contributed by atoms with van der Waals surface area (Å²) < 4.78 is 5.39. The quantitative estimate of drug-likeness (QED) is 0.804. The van der Waals surface area contributed by atoms with Gasteiger partial charge in [-0.3, -0.25) is 9.59 Å². The fourth-order valence-corrected chi connectivity index (χ4v) is 3.04. The number of ether oxygens (including phenoxy) is 1. The number of amides is 2. The Kier molecular flexibility index (Phi) is 5.04. The van der Waals surface area contributed by atoms with Crippen molar-refractivity contribution in [2.75, 3.05) is 32.2 Å². The Bertz CT molecular complexity index is 861. The van der Waals surface area contributed by atoms with Gasteiger partial charge in [0.2, 0.25) is 0 Å². The summed E-state index contributed by atoms with van der Waals surface area (Å²) in [4.78, 5) is 29.1. The van der Waals surface area contributed by atoms with Crippen LogP contribution in [-0.2, 0) is 9.59 Å². The lowest BCUT2D eigenvalue weighted by molar-refractivity contribution is -0.120. The summed E-state index contributed by atoms with van der Waals surface area (Å²) in [6.45, 7) is 0.0989. The van der Waals surface area contributed by atoms with E-state index < -0.39 is 11.8 Å². The van der Waals surface area contributed by atoms with E-state index in [1.165, 1.54) is 7.11 Å². The van der Waals surface area contributed by atoms with E-state index in [9.17, 15) is 14.7 Å². The number of carbonyl (C=O) groups is 2. The van der Waals surface area contributed by atoms with Crippen molar-refractivity contribution in [1.82, 2.24) is 4.90 Å². The normalized spacial score (nSPS) is 14.2. The lowest BCUT2D eigenvalue weighted by Crippen LogP contribution is -2.34. The number of anilines is 1. The molecule has 2 aromatic carbocycles. The van der Waals surface area contributed by atoms with Gasteiger partial charge in [0, 0.05) is 19.2 Å². The molecule has 1 N–H and O–H groups in total. The Morgan fingerprint density at radius 1 is 1.00 bits per heavy atom. The Hall–Kier alpha value is -3.12. The standard InChI is InChI=1S/C20H20N2O4/c1-21(12-13-23)18-17(15-10-6-7-11-16(15)26-2)19(24)22(20(18)25)14-8-4-3-5-9-14/h3-11,23H,12-13H2,1-2H3. The zero-order valence-corrected chi connectivity index (χ0v) is 14.7. The second-order valence-electron chi connectivity index (χ2n) is 5.85. The molecular weight excluding hydrogens is 332 g/mol. The number of rotatable bonds is 6. The molecule has 0 unspecified atom stereocenters. The Morgan fingerprint density at radius 3 is 2.31 bits per heavy atom. The summed E-state index contributed by atoms with van der Waals surface area (Å²) in [5, 5.41) is 9.29. The molecule has 0 radical (unpaired) electrons. The minimum absolute atomic E-state index is 0.133. The summed E-state index contributed by atoms with van der Waals surface area (Å²) >= 11 is 0. The van der Waals surface area contributed by atoms with E-state index in [1.807, 2.05) is 6.07 Å². The minimum atomic E-state index is -0.418. The van der Waals surface area contributed by atoms with Crippen molar-refractivity contribution >= 4 is 23.1 Å². The molecule has 3 rings (SSSR count). The smallest absolute Gasteiger partial charge is 0.282 e. The maximum Gasteiger partial charge on any atom is 0.282 e. The first-order valence-corrected chi connectivity index (χ1v) is 8.23. The summed E-state index contributed by atoms with van der Waals surface area (Å²) in [7, 11) is 3.20. The number of aliphatic hydroxyl groups excluding tert-OH is 1. The van der Waals surface area contributed by atoms with E-state index in [-0.39, 0.29) is 24.4 Å². The first-order chi connectivity index (χ1) is 12.6. The molecule has 0 aromatic heterocycles. The molecule has 1 aliphatic rings. The van der Waals surface area contributed by atoms with Gasteiger partial charge in [0.1, 0.15) is 11.4 Å². The first-order valence-electron chi connectivity index (χ1n) is 8.23. The highest BCUT2D eigenvalue weighted by Crippen LogP contribution is 2.37. The van der Waals surface area contributed by atoms with Crippen molar-refractivity contribution in [2.24, 2.45) is 0 Å². The Balaban J connectivity index is 2.18. The van der Waals surface area contributed by atoms with Crippen LogP contribution >= 0.6 is 0 Å². The largest absolute Gasteiger partial charge is 0.496 e. The van der Waals surface area contributed by atoms with E-state index >= 15 is 0 Å². The van der Waals surface area contributed by atoms with Gasteiger partial charge < -0.3 is 14.7 Å². The van der Waals surface area contributed by atoms with Gasteiger partial charge in [-0.1, -0.05) is 36.4 Å². The van der Waals surface area contributed by atoms with Crippen LogP contribution in [0.1, 0.15) is 5.56 Å². The summed E-state index contributed by atoms with van der Waals surface area (Å²) in [5.41, 5.74) is 1.57. The van der Waals surface area contributed by atoms with Crippen LogP contribution < -0.4 is 9.64 Å². The molecule has 1 aliphatic heterocycles. The van der Waals surface area contributed by atoms with E-state index in [0.29, 0.717) is 17.0 Å². The molecule has 0 saturated heterocycles. The van der Waals surface area contributed by atoms with Crippen molar-refractivity contribution in [2.45, 2.75) is 0 Å². The van der Waals surface area contributed by atoms with Gasteiger partial charge in [-0.15, -0.1) is 0 Å². The Labute approximate surface area is 151 Å². The van der Waals surface area contributed by atoms with Crippen LogP contribution in [0.4, 0.5) is 5.69 Å². The number of methoxy groups -OCH3 is 1. The van der Waals surface area contributed by atoms with E-state index in [1.54, 1.807) is 60.5 Å². The lowest BCUT2D eigenvalue weighted by Gasteiger charge is -2.20. The predicted octanol–water partition coefficient (Wildman–Crippen LogP) is 1.90. The third-order valence-electron chi connectivity index (χ3n) is 4.27. The maximum atomic E-state index is 13.2. The Morgan fingerprint density at radius 2 is 1.65 bits per heavy atom. The highest BCUT2D eigenvalue weighted by atomic mass is 16.5. The van der Waals surface area contributed by atoms with Crippen LogP contribution in [0, 0.1) is 0 Å². The highest BCUT2D eigenvalue weighted by Gasteiger charge is 2.42. The van der Waals surface area contributed by atoms with E-state index in [4.69, 9.17) is 4.74 Å². The zero-order valence-electron chi connectivity index (χ0n) is 14.7. The monoisotopic (exact) mass is 352 g/mol. The number of nitrogens with zero attached hydrogens (tertiary/aromatic N) is 2. The topological polar surface area (TPSA) is 70.1 Å².